The molecule has 1 N–H and O–H groups in total. The van der Waals surface area contributed by atoms with Crippen molar-refractivity contribution >= 4 is 10.9 Å². The highest BCUT2D eigenvalue weighted by atomic mass is 16.7. The number of benzene rings is 1. The fourth-order valence-electron chi connectivity index (χ4n) is 4.06. The van der Waals surface area contributed by atoms with Gasteiger partial charge in [0.2, 0.25) is 6.79 Å². The number of fused-ring (bicyclic) bond motifs is 2. The summed E-state index contributed by atoms with van der Waals surface area (Å²) in [4.78, 5) is 18.4. The number of nitrogens with zero attached hydrogens (tertiary/aromatic N) is 5. The minimum Gasteiger partial charge on any atom is -0.454 e. The van der Waals surface area contributed by atoms with Gasteiger partial charge in [-0.3, -0.25) is 9.69 Å². The van der Waals surface area contributed by atoms with Gasteiger partial charge in [0.25, 0.3) is 5.56 Å². The molecule has 5 rings (SSSR count). The van der Waals surface area contributed by atoms with Gasteiger partial charge in [0, 0.05) is 24.1 Å². The molecule has 10 nitrogen and oxygen atoms in total. The molecule has 1 aromatic carbocycles. The Kier molecular flexibility index (Phi) is 4.64. The van der Waals surface area contributed by atoms with Crippen LogP contribution in [-0.4, -0.2) is 63.7 Å². The maximum absolute atomic E-state index is 13.1. The van der Waals surface area contributed by atoms with Crippen molar-refractivity contribution in [1.82, 2.24) is 30.1 Å². The van der Waals surface area contributed by atoms with Crippen molar-refractivity contribution < 1.29 is 14.2 Å². The minimum absolute atomic E-state index is 0.158. The highest BCUT2D eigenvalue weighted by Gasteiger charge is 2.32. The van der Waals surface area contributed by atoms with Gasteiger partial charge in [-0.1, -0.05) is 0 Å². The second-order valence-electron chi connectivity index (χ2n) is 7.25. The van der Waals surface area contributed by atoms with Crippen LogP contribution in [0.3, 0.4) is 0 Å². The Morgan fingerprint density at radius 3 is 2.79 bits per heavy atom. The zero-order chi connectivity index (χ0) is 19.8. The Labute approximate surface area is 166 Å². The third kappa shape index (κ3) is 3.23. The highest BCUT2D eigenvalue weighted by Crippen LogP contribution is 2.36. The fraction of sp³-hybridized carbons (Fsp3) is 0.474. The molecule has 0 spiro atoms. The minimum atomic E-state index is -0.331. The first-order valence-corrected chi connectivity index (χ1v) is 9.70. The van der Waals surface area contributed by atoms with Gasteiger partial charge < -0.3 is 19.2 Å². The maximum Gasteiger partial charge on any atom is 0.253 e. The molecule has 2 aliphatic heterocycles. The number of H-pyrrole nitrogens is 1. The average molecular weight is 398 g/mol. The Balaban J connectivity index is 1.63. The zero-order valence-corrected chi connectivity index (χ0v) is 16.1. The van der Waals surface area contributed by atoms with Crippen molar-refractivity contribution in [2.45, 2.75) is 25.4 Å². The summed E-state index contributed by atoms with van der Waals surface area (Å²) in [5.74, 6) is 1.97. The molecule has 0 amide bonds. The van der Waals surface area contributed by atoms with Crippen LogP contribution in [0.4, 0.5) is 0 Å². The Morgan fingerprint density at radius 1 is 1.21 bits per heavy atom. The van der Waals surface area contributed by atoms with Crippen molar-refractivity contribution in [2.75, 3.05) is 33.6 Å². The van der Waals surface area contributed by atoms with E-state index in [9.17, 15) is 4.79 Å². The number of aromatic nitrogens is 5. The Morgan fingerprint density at radius 2 is 2.00 bits per heavy atom. The molecular weight excluding hydrogens is 376 g/mol. The first-order chi connectivity index (χ1) is 14.2. The number of ether oxygens (including phenoxy) is 3. The molecule has 0 radical (unpaired) electrons. The summed E-state index contributed by atoms with van der Waals surface area (Å²) in [5, 5.41) is 13.1. The first-order valence-electron chi connectivity index (χ1n) is 9.70. The van der Waals surface area contributed by atoms with Crippen LogP contribution in [0.2, 0.25) is 0 Å². The summed E-state index contributed by atoms with van der Waals surface area (Å²) in [6.45, 7) is 2.98. The Bertz CT molecular complexity index is 1090. The molecule has 1 unspecified atom stereocenters. The normalized spacial score (nSPS) is 17.3. The number of pyridine rings is 1. The quantitative estimate of drug-likeness (QED) is 0.657. The highest BCUT2D eigenvalue weighted by molar-refractivity contribution is 5.83. The number of likely N-dealkylation sites (tertiary alicyclic amines) is 1. The average Bonchev–Trinajstić information content (AvgIpc) is 3.48. The van der Waals surface area contributed by atoms with E-state index in [2.05, 4.69) is 25.4 Å². The molecule has 0 aliphatic carbocycles. The van der Waals surface area contributed by atoms with Crippen LogP contribution in [0.5, 0.6) is 11.5 Å². The second kappa shape index (κ2) is 7.45. The smallest absolute Gasteiger partial charge is 0.253 e. The van der Waals surface area contributed by atoms with Gasteiger partial charge in [-0.25, -0.2) is 4.68 Å². The summed E-state index contributed by atoms with van der Waals surface area (Å²) in [5.41, 5.74) is 1.17. The van der Waals surface area contributed by atoms with E-state index in [-0.39, 0.29) is 18.4 Å². The molecule has 2 aromatic heterocycles. The van der Waals surface area contributed by atoms with E-state index in [1.807, 2.05) is 12.1 Å². The van der Waals surface area contributed by atoms with Gasteiger partial charge in [-0.05, 0) is 48.5 Å². The van der Waals surface area contributed by atoms with Gasteiger partial charge >= 0.3 is 0 Å². The number of nitrogens with one attached hydrogen (secondary N) is 1. The van der Waals surface area contributed by atoms with Crippen molar-refractivity contribution in [3.05, 3.63) is 39.9 Å². The maximum atomic E-state index is 13.1. The molecule has 152 valence electrons. The van der Waals surface area contributed by atoms with Crippen LogP contribution in [0.15, 0.2) is 23.0 Å². The van der Waals surface area contributed by atoms with E-state index in [0.29, 0.717) is 41.6 Å². The number of hydrogen-bond donors (Lipinski definition) is 1. The summed E-state index contributed by atoms with van der Waals surface area (Å²) < 4.78 is 17.8. The lowest BCUT2D eigenvalue weighted by atomic mass is 10.0. The van der Waals surface area contributed by atoms with Crippen LogP contribution in [0.25, 0.3) is 10.9 Å². The molecule has 29 heavy (non-hydrogen) atoms. The molecule has 1 saturated heterocycles. The third-order valence-electron chi connectivity index (χ3n) is 5.48. The number of rotatable bonds is 6. The van der Waals surface area contributed by atoms with Crippen molar-refractivity contribution in [3.63, 3.8) is 0 Å². The van der Waals surface area contributed by atoms with Crippen LogP contribution < -0.4 is 15.0 Å². The van der Waals surface area contributed by atoms with E-state index in [4.69, 9.17) is 14.2 Å². The first kappa shape index (κ1) is 18.1. The molecule has 0 saturated carbocycles. The molecule has 1 fully saturated rings. The van der Waals surface area contributed by atoms with Gasteiger partial charge in [0.1, 0.15) is 6.04 Å². The van der Waals surface area contributed by atoms with Crippen molar-refractivity contribution in [3.8, 4) is 11.5 Å². The lowest BCUT2D eigenvalue weighted by Crippen LogP contribution is -2.33. The SMILES string of the molecule is COCCn1nnnc1C(c1cc2cc3c(cc2[nH]c1=O)OCO3)N1CCCC1. The van der Waals surface area contributed by atoms with Crippen LogP contribution in [0.1, 0.15) is 30.3 Å². The van der Waals surface area contributed by atoms with E-state index < -0.39 is 0 Å². The molecule has 2 aliphatic rings. The predicted octanol–water partition coefficient (Wildman–Crippen LogP) is 1.07. The topological polar surface area (TPSA) is 107 Å². The third-order valence-corrected chi connectivity index (χ3v) is 5.48. The van der Waals surface area contributed by atoms with Gasteiger partial charge in [-0.15, -0.1) is 5.10 Å². The van der Waals surface area contributed by atoms with Crippen LogP contribution >= 0.6 is 0 Å². The Hall–Kier alpha value is -2.98. The molecule has 10 heteroatoms. The number of hydrogen-bond acceptors (Lipinski definition) is 8. The van der Waals surface area contributed by atoms with Crippen LogP contribution in [-0.2, 0) is 11.3 Å². The molecule has 3 aromatic rings. The molecule has 1 atom stereocenters. The summed E-state index contributed by atoms with van der Waals surface area (Å²) in [6.07, 6.45) is 2.17. The standard InChI is InChI=1S/C19H22N6O4/c1-27-7-6-25-18(21-22-23-25)17(24-4-2-3-5-24)13-8-12-9-15-16(29-11-28-15)10-14(12)20-19(13)26/h8-10,17H,2-7,11H2,1H3,(H,20,26). The van der Waals surface area contributed by atoms with Crippen LogP contribution in [0, 0.1) is 0 Å². The van der Waals surface area contributed by atoms with Gasteiger partial charge in [0.05, 0.1) is 18.7 Å². The van der Waals surface area contributed by atoms with E-state index in [0.717, 1.165) is 31.3 Å². The van der Waals surface area contributed by atoms with Crippen molar-refractivity contribution in [2.24, 2.45) is 0 Å². The number of methoxy groups -OCH3 is 1. The number of aromatic amines is 1. The monoisotopic (exact) mass is 398 g/mol. The zero-order valence-electron chi connectivity index (χ0n) is 16.1. The second-order valence-corrected chi connectivity index (χ2v) is 7.25. The van der Waals surface area contributed by atoms with E-state index >= 15 is 0 Å². The summed E-state index contributed by atoms with van der Waals surface area (Å²) >= 11 is 0. The van der Waals surface area contributed by atoms with E-state index in [1.165, 1.54) is 0 Å². The largest absolute Gasteiger partial charge is 0.454 e. The predicted molar refractivity (Wildman–Crippen MR) is 103 cm³/mol. The van der Waals surface area contributed by atoms with Crippen molar-refractivity contribution in [1.29, 1.82) is 0 Å². The molecule has 4 heterocycles. The summed E-state index contributed by atoms with van der Waals surface area (Å²) in [7, 11) is 1.64. The number of tetrazole rings is 1. The fourth-order valence-corrected chi connectivity index (χ4v) is 4.06. The van der Waals surface area contributed by atoms with E-state index in [1.54, 1.807) is 17.9 Å². The van der Waals surface area contributed by atoms with Gasteiger partial charge in [-0.2, -0.15) is 0 Å². The lowest BCUT2D eigenvalue weighted by molar-refractivity contribution is 0.174. The van der Waals surface area contributed by atoms with Gasteiger partial charge in [0.15, 0.2) is 17.3 Å². The molecule has 0 bridgehead atoms. The lowest BCUT2D eigenvalue weighted by Gasteiger charge is -2.26. The summed E-state index contributed by atoms with van der Waals surface area (Å²) in [6, 6.07) is 5.28. The molecular formula is C19H22N6O4.